The Balaban J connectivity index is 2.19. The summed E-state index contributed by atoms with van der Waals surface area (Å²) in [4.78, 5) is 10.3. The normalized spacial score (nSPS) is 10.1. The van der Waals surface area contributed by atoms with Crippen LogP contribution in [0.15, 0.2) is 24.3 Å². The first-order valence-corrected chi connectivity index (χ1v) is 5.57. The molecular formula is C13H18O3. The van der Waals surface area contributed by atoms with Crippen LogP contribution in [-0.4, -0.2) is 18.2 Å². The van der Waals surface area contributed by atoms with Crippen molar-refractivity contribution < 1.29 is 14.6 Å². The maximum Gasteiger partial charge on any atom is 0.303 e. The monoisotopic (exact) mass is 222 g/mol. The zero-order valence-corrected chi connectivity index (χ0v) is 9.61. The zero-order valence-electron chi connectivity index (χ0n) is 9.61. The van der Waals surface area contributed by atoms with Gasteiger partial charge in [0.1, 0.15) is 5.75 Å². The molecule has 0 fully saturated rings. The summed E-state index contributed by atoms with van der Waals surface area (Å²) >= 11 is 0. The molecule has 1 rings (SSSR count). The summed E-state index contributed by atoms with van der Waals surface area (Å²) in [6, 6.07) is 8.01. The van der Waals surface area contributed by atoms with Crippen molar-refractivity contribution in [2.24, 2.45) is 0 Å². The molecule has 0 heterocycles. The van der Waals surface area contributed by atoms with Gasteiger partial charge in [0.05, 0.1) is 7.11 Å². The van der Waals surface area contributed by atoms with Crippen molar-refractivity contribution in [3.8, 4) is 5.75 Å². The highest BCUT2D eigenvalue weighted by Crippen LogP contribution is 2.13. The molecule has 0 radical (unpaired) electrons. The van der Waals surface area contributed by atoms with Gasteiger partial charge in [0, 0.05) is 6.42 Å². The van der Waals surface area contributed by atoms with Crippen molar-refractivity contribution in [1.29, 1.82) is 0 Å². The van der Waals surface area contributed by atoms with E-state index in [1.165, 1.54) is 5.56 Å². The van der Waals surface area contributed by atoms with Crippen LogP contribution >= 0.6 is 0 Å². The number of hydrogen-bond donors (Lipinski definition) is 1. The second-order valence-corrected chi connectivity index (χ2v) is 3.80. The Kier molecular flexibility index (Phi) is 5.40. The van der Waals surface area contributed by atoms with Crippen LogP contribution in [0.4, 0.5) is 0 Å². The van der Waals surface area contributed by atoms with Crippen molar-refractivity contribution in [1.82, 2.24) is 0 Å². The first-order chi connectivity index (χ1) is 7.72. The van der Waals surface area contributed by atoms with Crippen LogP contribution in [0.25, 0.3) is 0 Å². The van der Waals surface area contributed by atoms with Crippen molar-refractivity contribution in [3.05, 3.63) is 29.8 Å². The van der Waals surface area contributed by atoms with Gasteiger partial charge < -0.3 is 9.84 Å². The fraction of sp³-hybridized carbons (Fsp3) is 0.462. The van der Waals surface area contributed by atoms with E-state index in [-0.39, 0.29) is 6.42 Å². The smallest absolute Gasteiger partial charge is 0.303 e. The minimum Gasteiger partial charge on any atom is -0.497 e. The molecule has 1 aromatic carbocycles. The Morgan fingerprint density at radius 3 is 2.44 bits per heavy atom. The van der Waals surface area contributed by atoms with Gasteiger partial charge in [-0.05, 0) is 37.0 Å². The largest absolute Gasteiger partial charge is 0.497 e. The molecule has 0 amide bonds. The van der Waals surface area contributed by atoms with E-state index in [1.54, 1.807) is 7.11 Å². The summed E-state index contributed by atoms with van der Waals surface area (Å²) in [5, 5.41) is 8.47. The van der Waals surface area contributed by atoms with Crippen molar-refractivity contribution in [3.63, 3.8) is 0 Å². The Morgan fingerprint density at radius 2 is 1.88 bits per heavy atom. The highest BCUT2D eigenvalue weighted by Gasteiger charge is 1.98. The quantitative estimate of drug-likeness (QED) is 0.721. The number of carbonyl (C=O) groups is 1. The lowest BCUT2D eigenvalue weighted by molar-refractivity contribution is -0.137. The summed E-state index contributed by atoms with van der Waals surface area (Å²) in [6.45, 7) is 0. The average molecular weight is 222 g/mol. The van der Waals surface area contributed by atoms with Crippen LogP contribution in [0.2, 0.25) is 0 Å². The number of rotatable bonds is 7. The fourth-order valence-corrected chi connectivity index (χ4v) is 1.57. The topological polar surface area (TPSA) is 46.5 Å². The van der Waals surface area contributed by atoms with Crippen LogP contribution < -0.4 is 4.74 Å². The van der Waals surface area contributed by atoms with E-state index >= 15 is 0 Å². The van der Waals surface area contributed by atoms with Gasteiger partial charge in [0.25, 0.3) is 0 Å². The molecular weight excluding hydrogens is 204 g/mol. The van der Waals surface area contributed by atoms with Gasteiger partial charge >= 0.3 is 5.97 Å². The van der Waals surface area contributed by atoms with Crippen molar-refractivity contribution >= 4 is 5.97 Å². The molecule has 3 heteroatoms. The minimum absolute atomic E-state index is 0.280. The number of unbranched alkanes of at least 4 members (excludes halogenated alkanes) is 2. The van der Waals surface area contributed by atoms with Crippen LogP contribution in [0.3, 0.4) is 0 Å². The molecule has 3 nitrogen and oxygen atoms in total. The molecule has 1 N–H and O–H groups in total. The number of methoxy groups -OCH3 is 1. The van der Waals surface area contributed by atoms with Gasteiger partial charge in [-0.1, -0.05) is 18.6 Å². The molecule has 0 spiro atoms. The van der Waals surface area contributed by atoms with Gasteiger partial charge in [-0.15, -0.1) is 0 Å². The van der Waals surface area contributed by atoms with E-state index in [2.05, 4.69) is 12.1 Å². The first-order valence-electron chi connectivity index (χ1n) is 5.57. The number of aryl methyl sites for hydroxylation is 1. The number of ether oxygens (including phenoxy) is 1. The Hall–Kier alpha value is -1.51. The summed E-state index contributed by atoms with van der Waals surface area (Å²) in [6.07, 6.45) is 4.07. The molecule has 0 saturated heterocycles. The first kappa shape index (κ1) is 12.6. The highest BCUT2D eigenvalue weighted by molar-refractivity contribution is 5.66. The second-order valence-electron chi connectivity index (χ2n) is 3.80. The third-order valence-corrected chi connectivity index (χ3v) is 2.52. The maximum atomic E-state index is 10.3. The molecule has 16 heavy (non-hydrogen) atoms. The third-order valence-electron chi connectivity index (χ3n) is 2.52. The Morgan fingerprint density at radius 1 is 1.19 bits per heavy atom. The highest BCUT2D eigenvalue weighted by atomic mass is 16.5. The van der Waals surface area contributed by atoms with Crippen LogP contribution in [0.5, 0.6) is 5.75 Å². The summed E-state index contributed by atoms with van der Waals surface area (Å²) in [7, 11) is 1.65. The summed E-state index contributed by atoms with van der Waals surface area (Å²) in [5.41, 5.74) is 1.27. The van der Waals surface area contributed by atoms with E-state index in [0.29, 0.717) is 0 Å². The summed E-state index contributed by atoms with van der Waals surface area (Å²) in [5.74, 6) is 0.166. The fourth-order valence-electron chi connectivity index (χ4n) is 1.57. The predicted molar refractivity (Wildman–Crippen MR) is 62.8 cm³/mol. The van der Waals surface area contributed by atoms with Gasteiger partial charge in [-0.25, -0.2) is 0 Å². The lowest BCUT2D eigenvalue weighted by Crippen LogP contribution is -1.94. The van der Waals surface area contributed by atoms with Crippen LogP contribution in [0, 0.1) is 0 Å². The molecule has 0 atom stereocenters. The molecule has 0 aromatic heterocycles. The molecule has 0 unspecified atom stereocenters. The average Bonchev–Trinajstić information content (AvgIpc) is 2.29. The lowest BCUT2D eigenvalue weighted by atomic mass is 10.1. The minimum atomic E-state index is -0.704. The SMILES string of the molecule is COc1ccc(CCCCCC(=O)O)cc1. The Bertz CT molecular complexity index is 316. The number of carboxylic acid groups (broad SMARTS) is 1. The number of carboxylic acids is 1. The van der Waals surface area contributed by atoms with Crippen LogP contribution in [0.1, 0.15) is 31.2 Å². The maximum absolute atomic E-state index is 10.3. The standard InChI is InChI=1S/C13H18O3/c1-16-12-9-7-11(8-10-12)5-3-2-4-6-13(14)15/h7-10H,2-6H2,1H3,(H,14,15). The van der Waals surface area contributed by atoms with E-state index in [1.807, 2.05) is 12.1 Å². The number of hydrogen-bond acceptors (Lipinski definition) is 2. The summed E-state index contributed by atoms with van der Waals surface area (Å²) < 4.78 is 5.07. The molecule has 0 aliphatic carbocycles. The van der Waals surface area contributed by atoms with Crippen molar-refractivity contribution in [2.75, 3.05) is 7.11 Å². The molecule has 0 bridgehead atoms. The number of aliphatic carboxylic acids is 1. The van der Waals surface area contributed by atoms with Crippen LogP contribution in [-0.2, 0) is 11.2 Å². The number of benzene rings is 1. The third kappa shape index (κ3) is 4.82. The van der Waals surface area contributed by atoms with Gasteiger partial charge in [0.2, 0.25) is 0 Å². The molecule has 0 aliphatic rings. The van der Waals surface area contributed by atoms with E-state index in [4.69, 9.17) is 9.84 Å². The lowest BCUT2D eigenvalue weighted by Gasteiger charge is -2.03. The second kappa shape index (κ2) is 6.88. The van der Waals surface area contributed by atoms with Gasteiger partial charge in [-0.2, -0.15) is 0 Å². The predicted octanol–water partition coefficient (Wildman–Crippen LogP) is 2.88. The molecule has 88 valence electrons. The molecule has 0 aliphatic heterocycles. The van der Waals surface area contributed by atoms with E-state index in [0.717, 1.165) is 31.4 Å². The van der Waals surface area contributed by atoms with E-state index in [9.17, 15) is 4.79 Å². The van der Waals surface area contributed by atoms with E-state index < -0.39 is 5.97 Å². The van der Waals surface area contributed by atoms with Gasteiger partial charge in [0.15, 0.2) is 0 Å². The molecule has 0 saturated carbocycles. The zero-order chi connectivity index (χ0) is 11.8. The van der Waals surface area contributed by atoms with Crippen molar-refractivity contribution in [2.45, 2.75) is 32.1 Å². The van der Waals surface area contributed by atoms with Gasteiger partial charge in [-0.3, -0.25) is 4.79 Å². The Labute approximate surface area is 96.1 Å². The molecule has 1 aromatic rings.